The fourth-order valence-corrected chi connectivity index (χ4v) is 3.00. The molecule has 1 aliphatic heterocycles. The number of carbonyl (C=O) groups is 1. The van der Waals surface area contributed by atoms with Gasteiger partial charge in [-0.3, -0.25) is 4.79 Å². The molecule has 1 aromatic heterocycles. The molecule has 1 fully saturated rings. The van der Waals surface area contributed by atoms with Gasteiger partial charge in [0.25, 0.3) is 5.91 Å². The topological polar surface area (TPSA) is 82.6 Å². The van der Waals surface area contributed by atoms with Gasteiger partial charge in [-0.2, -0.15) is 0 Å². The number of amides is 1. The number of nitrogens with one attached hydrogen (secondary N) is 2. The molecule has 28 heavy (non-hydrogen) atoms. The highest BCUT2D eigenvalue weighted by Gasteiger charge is 2.17. The molecule has 8 heteroatoms. The smallest absolute Gasteiger partial charge is 0.274 e. The van der Waals surface area contributed by atoms with Crippen LogP contribution in [-0.4, -0.2) is 74.3 Å². The Morgan fingerprint density at radius 3 is 2.71 bits per heavy atom. The van der Waals surface area contributed by atoms with Crippen molar-refractivity contribution in [2.45, 2.75) is 6.92 Å². The van der Waals surface area contributed by atoms with Crippen LogP contribution in [0.15, 0.2) is 30.3 Å². The van der Waals surface area contributed by atoms with Crippen LogP contribution in [0.2, 0.25) is 0 Å². The minimum Gasteiger partial charge on any atom is -0.378 e. The maximum absolute atomic E-state index is 12.9. The van der Waals surface area contributed by atoms with E-state index in [4.69, 9.17) is 4.74 Å². The lowest BCUT2D eigenvalue weighted by Gasteiger charge is -2.30. The first-order valence-electron chi connectivity index (χ1n) is 9.50. The molecule has 1 saturated heterocycles. The zero-order valence-electron chi connectivity index (χ0n) is 16.7. The Bertz CT molecular complexity index is 805. The molecule has 1 aliphatic rings. The molecular formula is C20H28N6O2. The Morgan fingerprint density at radius 1 is 1.21 bits per heavy atom. The monoisotopic (exact) mass is 384 g/mol. The van der Waals surface area contributed by atoms with Crippen molar-refractivity contribution in [1.82, 2.24) is 14.9 Å². The third kappa shape index (κ3) is 5.40. The SMILES string of the molecule is Cc1cc(C(=O)Nc2ccccc2N2CCOCC2)nc(NCCN(C)C)n1. The molecule has 150 valence electrons. The Labute approximate surface area is 165 Å². The molecule has 0 radical (unpaired) electrons. The fourth-order valence-electron chi connectivity index (χ4n) is 3.00. The molecule has 0 bridgehead atoms. The minimum atomic E-state index is -0.248. The fraction of sp³-hybridized carbons (Fsp3) is 0.450. The van der Waals surface area contributed by atoms with Gasteiger partial charge in [0.1, 0.15) is 5.69 Å². The average molecular weight is 384 g/mol. The van der Waals surface area contributed by atoms with Gasteiger partial charge in [-0.1, -0.05) is 12.1 Å². The first-order valence-corrected chi connectivity index (χ1v) is 9.50. The largest absolute Gasteiger partial charge is 0.378 e. The molecule has 2 heterocycles. The molecular weight excluding hydrogens is 356 g/mol. The summed E-state index contributed by atoms with van der Waals surface area (Å²) in [5.74, 6) is 0.218. The molecule has 1 aromatic carbocycles. The number of anilines is 3. The molecule has 0 aliphatic carbocycles. The van der Waals surface area contributed by atoms with Crippen molar-refractivity contribution in [1.29, 1.82) is 0 Å². The van der Waals surface area contributed by atoms with Gasteiger partial charge in [0.05, 0.1) is 24.6 Å². The zero-order valence-corrected chi connectivity index (χ0v) is 16.7. The summed E-state index contributed by atoms with van der Waals surface area (Å²) >= 11 is 0. The van der Waals surface area contributed by atoms with Crippen LogP contribution in [-0.2, 0) is 4.74 Å². The Kier molecular flexibility index (Phi) is 6.78. The summed E-state index contributed by atoms with van der Waals surface area (Å²) in [5.41, 5.74) is 2.85. The van der Waals surface area contributed by atoms with E-state index in [0.717, 1.165) is 36.7 Å². The summed E-state index contributed by atoms with van der Waals surface area (Å²) in [6, 6.07) is 9.51. The average Bonchev–Trinajstić information content (AvgIpc) is 2.68. The van der Waals surface area contributed by atoms with E-state index in [-0.39, 0.29) is 5.91 Å². The second kappa shape index (κ2) is 9.48. The van der Waals surface area contributed by atoms with E-state index in [1.807, 2.05) is 45.3 Å². The van der Waals surface area contributed by atoms with Crippen LogP contribution in [0.5, 0.6) is 0 Å². The Balaban J connectivity index is 1.73. The molecule has 3 rings (SSSR count). The normalized spacial score (nSPS) is 14.2. The first kappa shape index (κ1) is 20.0. The number of aryl methyl sites for hydroxylation is 1. The molecule has 0 spiro atoms. The second-order valence-electron chi connectivity index (χ2n) is 7.02. The summed E-state index contributed by atoms with van der Waals surface area (Å²) in [6.45, 7) is 6.41. The molecule has 8 nitrogen and oxygen atoms in total. The first-order chi connectivity index (χ1) is 13.5. The van der Waals surface area contributed by atoms with E-state index in [9.17, 15) is 4.79 Å². The summed E-state index contributed by atoms with van der Waals surface area (Å²) in [5, 5.41) is 6.18. The second-order valence-corrected chi connectivity index (χ2v) is 7.02. The van der Waals surface area contributed by atoms with Crippen LogP contribution in [0.4, 0.5) is 17.3 Å². The van der Waals surface area contributed by atoms with Crippen molar-refractivity contribution in [2.75, 3.05) is 69.0 Å². The van der Waals surface area contributed by atoms with Gasteiger partial charge >= 0.3 is 0 Å². The lowest BCUT2D eigenvalue weighted by atomic mass is 10.2. The number of ether oxygens (including phenoxy) is 1. The zero-order chi connectivity index (χ0) is 19.9. The van der Waals surface area contributed by atoms with E-state index in [1.54, 1.807) is 6.07 Å². The van der Waals surface area contributed by atoms with Crippen molar-refractivity contribution in [3.8, 4) is 0 Å². The summed E-state index contributed by atoms with van der Waals surface area (Å²) in [4.78, 5) is 25.9. The third-order valence-electron chi connectivity index (χ3n) is 4.43. The number of nitrogens with zero attached hydrogens (tertiary/aromatic N) is 4. The highest BCUT2D eigenvalue weighted by Crippen LogP contribution is 2.26. The van der Waals surface area contributed by atoms with Crippen molar-refractivity contribution in [3.63, 3.8) is 0 Å². The van der Waals surface area contributed by atoms with Crippen LogP contribution >= 0.6 is 0 Å². The van der Waals surface area contributed by atoms with Gasteiger partial charge in [-0.05, 0) is 39.2 Å². The number of carbonyl (C=O) groups excluding carboxylic acids is 1. The predicted molar refractivity (Wildman–Crippen MR) is 111 cm³/mol. The maximum Gasteiger partial charge on any atom is 0.274 e. The molecule has 2 N–H and O–H groups in total. The number of benzene rings is 1. The number of morpholine rings is 1. The van der Waals surface area contributed by atoms with Crippen LogP contribution < -0.4 is 15.5 Å². The molecule has 0 atom stereocenters. The van der Waals surface area contributed by atoms with Crippen LogP contribution in [0.1, 0.15) is 16.2 Å². The van der Waals surface area contributed by atoms with Gasteiger partial charge in [0.2, 0.25) is 5.95 Å². The number of aromatic nitrogens is 2. The quantitative estimate of drug-likeness (QED) is 0.754. The van der Waals surface area contributed by atoms with Crippen molar-refractivity contribution >= 4 is 23.2 Å². The number of hydrogen-bond donors (Lipinski definition) is 2. The van der Waals surface area contributed by atoms with Gasteiger partial charge < -0.3 is 25.2 Å². The van der Waals surface area contributed by atoms with Crippen LogP contribution in [0, 0.1) is 6.92 Å². The van der Waals surface area contributed by atoms with Gasteiger partial charge in [-0.15, -0.1) is 0 Å². The van der Waals surface area contributed by atoms with Crippen LogP contribution in [0.25, 0.3) is 0 Å². The number of likely N-dealkylation sites (N-methyl/N-ethyl adjacent to an activating group) is 1. The molecule has 2 aromatic rings. The standard InChI is InChI=1S/C20H28N6O2/c1-15-14-17(24-20(22-15)21-8-9-25(2)3)19(27)23-16-6-4-5-7-18(16)26-10-12-28-13-11-26/h4-7,14H,8-13H2,1-3H3,(H,23,27)(H,21,22,24). The van der Waals surface area contributed by atoms with E-state index in [2.05, 4.69) is 30.4 Å². The van der Waals surface area contributed by atoms with Gasteiger partial charge in [0.15, 0.2) is 0 Å². The van der Waals surface area contributed by atoms with Gasteiger partial charge in [-0.25, -0.2) is 9.97 Å². The van der Waals surface area contributed by atoms with Crippen LogP contribution in [0.3, 0.4) is 0 Å². The number of para-hydroxylation sites is 2. The van der Waals surface area contributed by atoms with Gasteiger partial charge in [0, 0.05) is 31.9 Å². The highest BCUT2D eigenvalue weighted by molar-refractivity contribution is 6.04. The summed E-state index contributed by atoms with van der Waals surface area (Å²) < 4.78 is 5.43. The lowest BCUT2D eigenvalue weighted by Crippen LogP contribution is -2.36. The molecule has 0 unspecified atom stereocenters. The maximum atomic E-state index is 12.9. The minimum absolute atomic E-state index is 0.248. The number of rotatable bonds is 7. The van der Waals surface area contributed by atoms with E-state index < -0.39 is 0 Å². The Hall–Kier alpha value is -2.71. The summed E-state index contributed by atoms with van der Waals surface area (Å²) in [6.07, 6.45) is 0. The van der Waals surface area contributed by atoms with E-state index in [1.165, 1.54) is 0 Å². The highest BCUT2D eigenvalue weighted by atomic mass is 16.5. The van der Waals surface area contributed by atoms with E-state index in [0.29, 0.717) is 31.4 Å². The molecule has 0 saturated carbocycles. The van der Waals surface area contributed by atoms with E-state index >= 15 is 0 Å². The third-order valence-corrected chi connectivity index (χ3v) is 4.43. The number of hydrogen-bond acceptors (Lipinski definition) is 7. The summed E-state index contributed by atoms with van der Waals surface area (Å²) in [7, 11) is 4.01. The van der Waals surface area contributed by atoms with Crippen molar-refractivity contribution < 1.29 is 9.53 Å². The predicted octanol–water partition coefficient (Wildman–Crippen LogP) is 1.85. The van der Waals surface area contributed by atoms with Crippen molar-refractivity contribution in [2.24, 2.45) is 0 Å². The lowest BCUT2D eigenvalue weighted by molar-refractivity contribution is 0.102. The molecule has 1 amide bonds. The Morgan fingerprint density at radius 2 is 1.96 bits per heavy atom. The van der Waals surface area contributed by atoms with Crippen molar-refractivity contribution in [3.05, 3.63) is 41.7 Å².